The molecule has 0 spiro atoms. The van der Waals surface area contributed by atoms with Crippen LogP contribution >= 0.6 is 0 Å². The second-order valence-electron chi connectivity index (χ2n) is 4.11. The Kier molecular flexibility index (Phi) is 3.87. The van der Waals surface area contributed by atoms with E-state index < -0.39 is 16.6 Å². The summed E-state index contributed by atoms with van der Waals surface area (Å²) in [7, 11) is 0. The van der Waals surface area contributed by atoms with Crippen molar-refractivity contribution < 1.29 is 9.72 Å². The molecule has 0 saturated carbocycles. The van der Waals surface area contributed by atoms with Crippen molar-refractivity contribution in [3.63, 3.8) is 0 Å². The molecule has 98 valence electrons. The summed E-state index contributed by atoms with van der Waals surface area (Å²) in [5.41, 5.74) is 0.194. The van der Waals surface area contributed by atoms with Crippen molar-refractivity contribution in [2.24, 2.45) is 0 Å². The number of hydrogen-bond donors (Lipinski definition) is 0. The maximum absolute atomic E-state index is 12.4. The van der Waals surface area contributed by atoms with Gasteiger partial charge in [0.25, 0.3) is 5.69 Å². The Bertz CT molecular complexity index is 690. The van der Waals surface area contributed by atoms with Crippen LogP contribution in [0.4, 0.5) is 5.69 Å². The average molecular weight is 266 g/mol. The second kappa shape index (κ2) is 5.76. The van der Waals surface area contributed by atoms with Gasteiger partial charge in [-0.2, -0.15) is 5.26 Å². The fourth-order valence-corrected chi connectivity index (χ4v) is 1.93. The van der Waals surface area contributed by atoms with Crippen LogP contribution in [0.2, 0.25) is 0 Å². The van der Waals surface area contributed by atoms with Gasteiger partial charge in [0.2, 0.25) is 0 Å². The van der Waals surface area contributed by atoms with Crippen LogP contribution in [-0.4, -0.2) is 10.7 Å². The summed E-state index contributed by atoms with van der Waals surface area (Å²) >= 11 is 0. The first kappa shape index (κ1) is 13.4. The summed E-state index contributed by atoms with van der Waals surface area (Å²) in [5, 5.41) is 20.1. The third kappa shape index (κ3) is 2.54. The zero-order valence-corrected chi connectivity index (χ0v) is 10.4. The molecule has 5 heteroatoms. The number of benzene rings is 2. The standard InChI is InChI=1S/C15H10N2O3/c16-10-13(11-6-2-1-3-7-11)15(18)12-8-4-5-9-14(12)17(19)20/h1-9,13H. The maximum Gasteiger partial charge on any atom is 0.280 e. The predicted molar refractivity (Wildman–Crippen MR) is 72.2 cm³/mol. The molecule has 0 fully saturated rings. The van der Waals surface area contributed by atoms with Crippen LogP contribution in [0.25, 0.3) is 0 Å². The van der Waals surface area contributed by atoms with Gasteiger partial charge in [0.1, 0.15) is 5.92 Å². The Morgan fingerprint density at radius 2 is 1.70 bits per heavy atom. The highest BCUT2D eigenvalue weighted by atomic mass is 16.6. The van der Waals surface area contributed by atoms with Gasteiger partial charge in [-0.1, -0.05) is 42.5 Å². The minimum atomic E-state index is -1.04. The molecule has 0 saturated heterocycles. The minimum Gasteiger partial charge on any atom is -0.292 e. The van der Waals surface area contributed by atoms with Gasteiger partial charge in [-0.05, 0) is 11.6 Å². The molecule has 0 amide bonds. The summed E-state index contributed by atoms with van der Waals surface area (Å²) in [6.07, 6.45) is 0. The first-order valence-electron chi connectivity index (χ1n) is 5.87. The van der Waals surface area contributed by atoms with E-state index in [9.17, 15) is 20.2 Å². The van der Waals surface area contributed by atoms with E-state index in [1.54, 1.807) is 36.4 Å². The van der Waals surface area contributed by atoms with Gasteiger partial charge in [0, 0.05) is 6.07 Å². The lowest BCUT2D eigenvalue weighted by atomic mass is 9.91. The SMILES string of the molecule is N#CC(C(=O)c1ccccc1[N+](=O)[O-])c1ccccc1. The summed E-state index contributed by atoms with van der Waals surface area (Å²) in [6, 6.07) is 16.1. The van der Waals surface area contributed by atoms with Crippen LogP contribution in [0.1, 0.15) is 21.8 Å². The molecular formula is C15H10N2O3. The molecule has 5 nitrogen and oxygen atoms in total. The number of nitro groups is 1. The first-order chi connectivity index (χ1) is 9.65. The zero-order valence-electron chi connectivity index (χ0n) is 10.4. The smallest absolute Gasteiger partial charge is 0.280 e. The van der Waals surface area contributed by atoms with E-state index in [4.69, 9.17) is 0 Å². The lowest BCUT2D eigenvalue weighted by Crippen LogP contribution is -2.13. The summed E-state index contributed by atoms with van der Waals surface area (Å²) in [5.74, 6) is -1.61. The number of ketones is 1. The molecule has 1 atom stereocenters. The van der Waals surface area contributed by atoms with Gasteiger partial charge in [-0.25, -0.2) is 0 Å². The molecule has 0 aliphatic heterocycles. The van der Waals surface area contributed by atoms with Gasteiger partial charge in [-0.15, -0.1) is 0 Å². The van der Waals surface area contributed by atoms with Gasteiger partial charge >= 0.3 is 0 Å². The number of carbonyl (C=O) groups is 1. The summed E-state index contributed by atoms with van der Waals surface area (Å²) < 4.78 is 0. The lowest BCUT2D eigenvalue weighted by molar-refractivity contribution is -0.385. The number of Topliss-reactive ketones (excluding diaryl/α,β-unsaturated/α-hetero) is 1. The van der Waals surface area contributed by atoms with Crippen LogP contribution in [0.3, 0.4) is 0 Å². The number of rotatable bonds is 4. The molecule has 1 unspecified atom stereocenters. The van der Waals surface area contributed by atoms with E-state index >= 15 is 0 Å². The van der Waals surface area contributed by atoms with Crippen molar-refractivity contribution in [1.29, 1.82) is 5.26 Å². The number of nitro benzene ring substituents is 1. The van der Waals surface area contributed by atoms with Crippen LogP contribution in [-0.2, 0) is 0 Å². The number of nitrogens with zero attached hydrogens (tertiary/aromatic N) is 2. The molecule has 2 aromatic carbocycles. The van der Waals surface area contributed by atoms with E-state index in [0.717, 1.165) is 0 Å². The number of para-hydroxylation sites is 1. The average Bonchev–Trinajstić information content (AvgIpc) is 2.49. The Hall–Kier alpha value is -3.00. The highest BCUT2D eigenvalue weighted by molar-refractivity contribution is 6.05. The fourth-order valence-electron chi connectivity index (χ4n) is 1.93. The topological polar surface area (TPSA) is 84.0 Å². The Morgan fingerprint density at radius 3 is 2.30 bits per heavy atom. The van der Waals surface area contributed by atoms with E-state index in [-0.39, 0.29) is 11.3 Å². The van der Waals surface area contributed by atoms with Crippen LogP contribution < -0.4 is 0 Å². The van der Waals surface area contributed by atoms with Crippen LogP contribution in [0.15, 0.2) is 54.6 Å². The molecule has 20 heavy (non-hydrogen) atoms. The Balaban J connectivity index is 2.46. The van der Waals surface area contributed by atoms with Gasteiger partial charge in [0.15, 0.2) is 5.78 Å². The predicted octanol–water partition coefficient (Wildman–Crippen LogP) is 3.08. The summed E-state index contributed by atoms with van der Waals surface area (Å²) in [4.78, 5) is 22.7. The molecule has 0 aliphatic carbocycles. The maximum atomic E-state index is 12.4. The monoisotopic (exact) mass is 266 g/mol. The van der Waals surface area contributed by atoms with E-state index in [1.165, 1.54) is 18.2 Å². The van der Waals surface area contributed by atoms with Gasteiger partial charge < -0.3 is 0 Å². The van der Waals surface area contributed by atoms with Gasteiger partial charge in [-0.3, -0.25) is 14.9 Å². The third-order valence-corrected chi connectivity index (χ3v) is 2.89. The van der Waals surface area contributed by atoms with Crippen molar-refractivity contribution in [1.82, 2.24) is 0 Å². The molecule has 0 N–H and O–H groups in total. The van der Waals surface area contributed by atoms with Gasteiger partial charge in [0.05, 0.1) is 16.6 Å². The lowest BCUT2D eigenvalue weighted by Gasteiger charge is -2.08. The van der Waals surface area contributed by atoms with Crippen molar-refractivity contribution in [2.45, 2.75) is 5.92 Å². The van der Waals surface area contributed by atoms with E-state index in [1.807, 2.05) is 6.07 Å². The minimum absolute atomic E-state index is 0.0482. The van der Waals surface area contributed by atoms with Crippen molar-refractivity contribution >= 4 is 11.5 Å². The Labute approximate surface area is 115 Å². The highest BCUT2D eigenvalue weighted by Gasteiger charge is 2.27. The van der Waals surface area contributed by atoms with Crippen molar-refractivity contribution in [3.05, 3.63) is 75.8 Å². The second-order valence-corrected chi connectivity index (χ2v) is 4.11. The highest BCUT2D eigenvalue weighted by Crippen LogP contribution is 2.26. The fraction of sp³-hybridized carbons (Fsp3) is 0.0667. The number of carbonyl (C=O) groups excluding carboxylic acids is 1. The number of nitriles is 1. The molecule has 0 aromatic heterocycles. The third-order valence-electron chi connectivity index (χ3n) is 2.89. The van der Waals surface area contributed by atoms with E-state index in [0.29, 0.717) is 5.56 Å². The number of hydrogen-bond acceptors (Lipinski definition) is 4. The van der Waals surface area contributed by atoms with Crippen LogP contribution in [0, 0.1) is 21.4 Å². The first-order valence-corrected chi connectivity index (χ1v) is 5.87. The van der Waals surface area contributed by atoms with Crippen molar-refractivity contribution in [2.75, 3.05) is 0 Å². The summed E-state index contributed by atoms with van der Waals surface area (Å²) in [6.45, 7) is 0. The molecule has 0 radical (unpaired) electrons. The Morgan fingerprint density at radius 1 is 1.10 bits per heavy atom. The molecule has 0 heterocycles. The zero-order chi connectivity index (χ0) is 14.5. The van der Waals surface area contributed by atoms with Crippen LogP contribution in [0.5, 0.6) is 0 Å². The molecule has 2 rings (SSSR count). The molecular weight excluding hydrogens is 256 g/mol. The normalized spacial score (nSPS) is 11.3. The molecule has 0 bridgehead atoms. The molecule has 0 aliphatic rings. The van der Waals surface area contributed by atoms with Crippen molar-refractivity contribution in [3.8, 4) is 6.07 Å². The molecule has 2 aromatic rings. The largest absolute Gasteiger partial charge is 0.292 e. The van der Waals surface area contributed by atoms with E-state index in [2.05, 4.69) is 0 Å². The quantitative estimate of drug-likeness (QED) is 0.483.